The van der Waals surface area contributed by atoms with Crippen LogP contribution >= 0.6 is 0 Å². The van der Waals surface area contributed by atoms with Crippen LogP contribution in [0.1, 0.15) is 38.8 Å². The molecule has 5 nitrogen and oxygen atoms in total. The van der Waals surface area contributed by atoms with Crippen LogP contribution in [0.4, 0.5) is 16.2 Å². The Balaban J connectivity index is 1.81. The number of nitrogens with one attached hydrogen (secondary N) is 1. The number of benzene rings is 2. The summed E-state index contributed by atoms with van der Waals surface area (Å²) < 4.78 is 11.3. The number of carbonyl (C=O) groups is 1. The minimum absolute atomic E-state index is 0.158. The van der Waals surface area contributed by atoms with E-state index in [1.807, 2.05) is 26.8 Å². The Morgan fingerprint density at radius 3 is 2.68 bits per heavy atom. The molecule has 0 saturated heterocycles. The number of alkyl carbamates (subject to hydrolysis) is 1. The number of rotatable bonds is 3. The first-order chi connectivity index (χ1) is 13.3. The number of anilines is 2. The summed E-state index contributed by atoms with van der Waals surface area (Å²) >= 11 is 0. The van der Waals surface area contributed by atoms with Gasteiger partial charge in [0, 0.05) is 30.9 Å². The lowest BCUT2D eigenvalue weighted by molar-refractivity contribution is 0.0523. The molecule has 5 heteroatoms. The number of hydrogen-bond acceptors (Lipinski definition) is 4. The lowest BCUT2D eigenvalue weighted by Crippen LogP contribution is -2.32. The van der Waals surface area contributed by atoms with Gasteiger partial charge in [-0.25, -0.2) is 4.79 Å². The average molecular weight is 383 g/mol. The standard InChI is InChI=1S/C23H30N2O3/c1-17-14-19-15-18(16-24-22(26)28-23(2,3)4)10-11-21(19)25(12-13-27-17)20-8-6-5-7-9-20/h5-11,15,17H,12-14,16H2,1-4H3,(H,24,26). The predicted molar refractivity (Wildman–Crippen MR) is 112 cm³/mol. The van der Waals surface area contributed by atoms with Gasteiger partial charge in [0.25, 0.3) is 0 Å². The number of nitrogens with zero attached hydrogens (tertiary/aromatic N) is 1. The summed E-state index contributed by atoms with van der Waals surface area (Å²) in [4.78, 5) is 14.2. The van der Waals surface area contributed by atoms with Gasteiger partial charge in [0.05, 0.1) is 12.7 Å². The van der Waals surface area contributed by atoms with Crippen LogP contribution in [-0.4, -0.2) is 30.9 Å². The zero-order chi connectivity index (χ0) is 20.1. The Labute approximate surface area is 167 Å². The molecule has 1 heterocycles. The molecule has 0 fully saturated rings. The van der Waals surface area contributed by atoms with Gasteiger partial charge in [0.15, 0.2) is 0 Å². The monoisotopic (exact) mass is 382 g/mol. The van der Waals surface area contributed by atoms with E-state index in [-0.39, 0.29) is 6.10 Å². The number of carbonyl (C=O) groups excluding carboxylic acids is 1. The molecule has 1 N–H and O–H groups in total. The molecule has 1 amide bonds. The van der Waals surface area contributed by atoms with E-state index in [1.165, 1.54) is 11.3 Å². The largest absolute Gasteiger partial charge is 0.444 e. The number of amides is 1. The van der Waals surface area contributed by atoms with E-state index in [2.05, 4.69) is 59.6 Å². The Kier molecular flexibility index (Phi) is 6.25. The summed E-state index contributed by atoms with van der Waals surface area (Å²) in [5, 5.41) is 2.84. The summed E-state index contributed by atoms with van der Waals surface area (Å²) in [7, 11) is 0. The fraction of sp³-hybridized carbons (Fsp3) is 0.435. The van der Waals surface area contributed by atoms with Crippen molar-refractivity contribution >= 4 is 17.5 Å². The van der Waals surface area contributed by atoms with Crippen molar-refractivity contribution in [3.8, 4) is 0 Å². The molecule has 0 saturated carbocycles. The van der Waals surface area contributed by atoms with Crippen LogP contribution in [0.5, 0.6) is 0 Å². The third-order valence-corrected chi connectivity index (χ3v) is 4.56. The average Bonchev–Trinajstić information content (AvgIpc) is 2.62. The topological polar surface area (TPSA) is 50.8 Å². The fourth-order valence-corrected chi connectivity index (χ4v) is 3.37. The van der Waals surface area contributed by atoms with E-state index < -0.39 is 11.7 Å². The highest BCUT2D eigenvalue weighted by Crippen LogP contribution is 2.31. The molecule has 2 aromatic carbocycles. The van der Waals surface area contributed by atoms with Crippen LogP contribution in [0, 0.1) is 0 Å². The molecule has 1 atom stereocenters. The van der Waals surface area contributed by atoms with E-state index in [0.29, 0.717) is 13.2 Å². The van der Waals surface area contributed by atoms with Crippen LogP contribution in [0.3, 0.4) is 0 Å². The summed E-state index contributed by atoms with van der Waals surface area (Å²) in [5.41, 5.74) is 4.12. The van der Waals surface area contributed by atoms with Gasteiger partial charge in [0.2, 0.25) is 0 Å². The van der Waals surface area contributed by atoms with Crippen LogP contribution in [0.15, 0.2) is 48.5 Å². The SMILES string of the molecule is CC1Cc2cc(CNC(=O)OC(C)(C)C)ccc2N(c2ccccc2)CCO1. The van der Waals surface area contributed by atoms with E-state index in [0.717, 1.165) is 24.2 Å². The molecular formula is C23H30N2O3. The highest BCUT2D eigenvalue weighted by Gasteiger charge is 2.20. The highest BCUT2D eigenvalue weighted by atomic mass is 16.6. The number of para-hydroxylation sites is 1. The molecule has 150 valence electrons. The maximum Gasteiger partial charge on any atom is 0.407 e. The maximum absolute atomic E-state index is 11.9. The lowest BCUT2D eigenvalue weighted by Gasteiger charge is -2.31. The van der Waals surface area contributed by atoms with Gasteiger partial charge < -0.3 is 19.7 Å². The van der Waals surface area contributed by atoms with Crippen LogP contribution < -0.4 is 10.2 Å². The Morgan fingerprint density at radius 2 is 1.96 bits per heavy atom. The molecule has 1 aliphatic rings. The van der Waals surface area contributed by atoms with Gasteiger partial charge >= 0.3 is 6.09 Å². The minimum Gasteiger partial charge on any atom is -0.444 e. The first-order valence-electron chi connectivity index (χ1n) is 9.85. The second-order valence-corrected chi connectivity index (χ2v) is 8.19. The van der Waals surface area contributed by atoms with Gasteiger partial charge in [0.1, 0.15) is 5.60 Å². The molecule has 0 spiro atoms. The molecule has 1 aliphatic heterocycles. The summed E-state index contributed by atoms with van der Waals surface area (Å²) in [6, 6.07) is 16.7. The smallest absolute Gasteiger partial charge is 0.407 e. The second kappa shape index (κ2) is 8.65. The van der Waals surface area contributed by atoms with Crippen molar-refractivity contribution in [2.45, 2.75) is 52.4 Å². The zero-order valence-electron chi connectivity index (χ0n) is 17.2. The molecule has 0 aromatic heterocycles. The molecule has 1 unspecified atom stereocenters. The highest BCUT2D eigenvalue weighted by molar-refractivity contribution is 5.69. The van der Waals surface area contributed by atoms with Gasteiger partial charge in [-0.3, -0.25) is 0 Å². The van der Waals surface area contributed by atoms with Crippen LogP contribution in [-0.2, 0) is 22.4 Å². The Bertz CT molecular complexity index is 799. The Morgan fingerprint density at radius 1 is 1.21 bits per heavy atom. The van der Waals surface area contributed by atoms with E-state index in [4.69, 9.17) is 9.47 Å². The van der Waals surface area contributed by atoms with Crippen molar-refractivity contribution in [1.29, 1.82) is 0 Å². The Hall–Kier alpha value is -2.53. The van der Waals surface area contributed by atoms with Gasteiger partial charge in [-0.05, 0) is 57.0 Å². The van der Waals surface area contributed by atoms with Crippen LogP contribution in [0.2, 0.25) is 0 Å². The molecule has 2 aromatic rings. The normalized spacial score (nSPS) is 17.3. The van der Waals surface area contributed by atoms with Crippen molar-refractivity contribution in [3.63, 3.8) is 0 Å². The van der Waals surface area contributed by atoms with Crippen LogP contribution in [0.25, 0.3) is 0 Å². The molecule has 0 aliphatic carbocycles. The summed E-state index contributed by atoms with van der Waals surface area (Å²) in [6.45, 7) is 9.61. The van der Waals surface area contributed by atoms with Gasteiger partial charge in [-0.2, -0.15) is 0 Å². The zero-order valence-corrected chi connectivity index (χ0v) is 17.2. The first kappa shape index (κ1) is 20.2. The predicted octanol–water partition coefficient (Wildman–Crippen LogP) is 4.81. The number of ether oxygens (including phenoxy) is 2. The summed E-state index contributed by atoms with van der Waals surface area (Å²) in [6.07, 6.45) is 0.589. The lowest BCUT2D eigenvalue weighted by atomic mass is 10.0. The molecule has 28 heavy (non-hydrogen) atoms. The first-order valence-corrected chi connectivity index (χ1v) is 9.85. The molecular weight excluding hydrogens is 352 g/mol. The van der Waals surface area contributed by atoms with E-state index in [1.54, 1.807) is 0 Å². The molecule has 0 bridgehead atoms. The van der Waals surface area contributed by atoms with Crippen molar-refractivity contribution in [2.75, 3.05) is 18.1 Å². The second-order valence-electron chi connectivity index (χ2n) is 8.19. The van der Waals surface area contributed by atoms with Crippen molar-refractivity contribution in [1.82, 2.24) is 5.32 Å². The summed E-state index contributed by atoms with van der Waals surface area (Å²) in [5.74, 6) is 0. The molecule has 0 radical (unpaired) electrons. The molecule has 3 rings (SSSR count). The van der Waals surface area contributed by atoms with Gasteiger partial charge in [-0.15, -0.1) is 0 Å². The van der Waals surface area contributed by atoms with E-state index >= 15 is 0 Å². The quantitative estimate of drug-likeness (QED) is 0.828. The number of hydrogen-bond donors (Lipinski definition) is 1. The third kappa shape index (κ3) is 5.49. The fourth-order valence-electron chi connectivity index (χ4n) is 3.37. The van der Waals surface area contributed by atoms with Gasteiger partial charge in [-0.1, -0.05) is 30.3 Å². The number of fused-ring (bicyclic) bond motifs is 1. The van der Waals surface area contributed by atoms with Crippen molar-refractivity contribution in [2.24, 2.45) is 0 Å². The van der Waals surface area contributed by atoms with Crippen molar-refractivity contribution < 1.29 is 14.3 Å². The third-order valence-electron chi connectivity index (χ3n) is 4.56. The minimum atomic E-state index is -0.501. The maximum atomic E-state index is 11.9. The van der Waals surface area contributed by atoms with Crippen molar-refractivity contribution in [3.05, 3.63) is 59.7 Å². The van der Waals surface area contributed by atoms with E-state index in [9.17, 15) is 4.79 Å².